The van der Waals surface area contributed by atoms with Gasteiger partial charge in [0.25, 0.3) is 0 Å². The van der Waals surface area contributed by atoms with Gasteiger partial charge in [-0.1, -0.05) is 42.5 Å². The molecule has 1 aliphatic rings. The molecular formula is C19H20IN. The summed E-state index contributed by atoms with van der Waals surface area (Å²) in [5, 5.41) is 3.27. The Morgan fingerprint density at radius 3 is 2.57 bits per heavy atom. The van der Waals surface area contributed by atoms with Crippen LogP contribution in [0.25, 0.3) is 12.2 Å². The van der Waals surface area contributed by atoms with E-state index in [2.05, 4.69) is 82.5 Å². The standard InChI is InChI=1S/C19H20IN/c1-21-12-4-7-18-17-6-3-2-5-14(17)8-9-15-10-11-16(20)13-19(15)18/h2-3,5-6,8-11,13,18,21H,4,7,12H2,1H3. The van der Waals surface area contributed by atoms with E-state index in [1.54, 1.807) is 0 Å². The number of benzene rings is 2. The summed E-state index contributed by atoms with van der Waals surface area (Å²) >= 11 is 2.42. The van der Waals surface area contributed by atoms with Crippen LogP contribution in [-0.2, 0) is 0 Å². The largest absolute Gasteiger partial charge is 0.320 e. The number of hydrogen-bond donors (Lipinski definition) is 1. The summed E-state index contributed by atoms with van der Waals surface area (Å²) in [5.41, 5.74) is 5.66. The highest BCUT2D eigenvalue weighted by atomic mass is 127. The first-order valence-corrected chi connectivity index (χ1v) is 8.58. The minimum atomic E-state index is 0.495. The highest BCUT2D eigenvalue weighted by molar-refractivity contribution is 14.1. The molecule has 1 nitrogen and oxygen atoms in total. The maximum Gasteiger partial charge on any atom is 0.0133 e. The highest BCUT2D eigenvalue weighted by Gasteiger charge is 2.21. The van der Waals surface area contributed by atoms with Gasteiger partial charge in [0.05, 0.1) is 0 Å². The number of hydrogen-bond acceptors (Lipinski definition) is 1. The summed E-state index contributed by atoms with van der Waals surface area (Å²) in [6.45, 7) is 1.07. The van der Waals surface area contributed by atoms with Crippen molar-refractivity contribution >= 4 is 34.7 Å². The second-order valence-corrected chi connectivity index (χ2v) is 6.78. The van der Waals surface area contributed by atoms with Gasteiger partial charge < -0.3 is 5.32 Å². The first-order chi connectivity index (χ1) is 10.3. The molecule has 1 aliphatic carbocycles. The fourth-order valence-electron chi connectivity index (χ4n) is 3.12. The van der Waals surface area contributed by atoms with Crippen molar-refractivity contribution in [2.45, 2.75) is 18.8 Å². The van der Waals surface area contributed by atoms with Crippen LogP contribution in [0.5, 0.6) is 0 Å². The third-order valence-corrected chi connectivity index (χ3v) is 4.83. The van der Waals surface area contributed by atoms with Gasteiger partial charge >= 0.3 is 0 Å². The zero-order chi connectivity index (χ0) is 14.7. The van der Waals surface area contributed by atoms with Gasteiger partial charge in [0, 0.05) is 9.49 Å². The number of rotatable bonds is 4. The van der Waals surface area contributed by atoms with Crippen molar-refractivity contribution < 1.29 is 0 Å². The smallest absolute Gasteiger partial charge is 0.0133 e. The molecule has 0 saturated heterocycles. The van der Waals surface area contributed by atoms with Gasteiger partial charge in [-0.3, -0.25) is 0 Å². The molecule has 3 rings (SSSR count). The monoisotopic (exact) mass is 389 g/mol. The number of halogens is 1. The average Bonchev–Trinajstić information content (AvgIpc) is 2.65. The molecule has 0 saturated carbocycles. The summed E-state index contributed by atoms with van der Waals surface area (Å²) in [4.78, 5) is 0. The lowest BCUT2D eigenvalue weighted by Gasteiger charge is -2.20. The SMILES string of the molecule is CNCCCC1c2ccccc2C=Cc2ccc(I)cc21. The maximum absolute atomic E-state index is 3.27. The van der Waals surface area contributed by atoms with Crippen LogP contribution in [0, 0.1) is 3.57 Å². The molecule has 2 heteroatoms. The van der Waals surface area contributed by atoms with E-state index in [1.807, 2.05) is 7.05 Å². The molecular weight excluding hydrogens is 369 g/mol. The second kappa shape index (κ2) is 6.75. The Kier molecular flexibility index (Phi) is 4.76. The van der Waals surface area contributed by atoms with Crippen LogP contribution in [0.3, 0.4) is 0 Å². The Hall–Kier alpha value is -1.13. The van der Waals surface area contributed by atoms with E-state index < -0.39 is 0 Å². The molecule has 0 bridgehead atoms. The van der Waals surface area contributed by atoms with Gasteiger partial charge in [0.15, 0.2) is 0 Å². The van der Waals surface area contributed by atoms with Gasteiger partial charge in [-0.2, -0.15) is 0 Å². The van der Waals surface area contributed by atoms with Gasteiger partial charge in [0.1, 0.15) is 0 Å². The maximum atomic E-state index is 3.27. The van der Waals surface area contributed by atoms with Crippen LogP contribution < -0.4 is 5.32 Å². The lowest BCUT2D eigenvalue weighted by Crippen LogP contribution is -2.11. The average molecular weight is 389 g/mol. The van der Waals surface area contributed by atoms with E-state index in [-0.39, 0.29) is 0 Å². The first kappa shape index (κ1) is 14.8. The normalized spacial score (nSPS) is 16.2. The Bertz CT molecular complexity index is 660. The van der Waals surface area contributed by atoms with E-state index in [4.69, 9.17) is 0 Å². The molecule has 0 aliphatic heterocycles. The Labute approximate surface area is 140 Å². The van der Waals surface area contributed by atoms with Crippen molar-refractivity contribution in [1.29, 1.82) is 0 Å². The number of fused-ring (bicyclic) bond motifs is 2. The van der Waals surface area contributed by atoms with E-state index in [0.717, 1.165) is 6.54 Å². The quantitative estimate of drug-likeness (QED) is 0.579. The molecule has 0 spiro atoms. The molecule has 0 aromatic heterocycles. The van der Waals surface area contributed by atoms with Crippen molar-refractivity contribution in [3.63, 3.8) is 0 Å². The van der Waals surface area contributed by atoms with Crippen molar-refractivity contribution in [3.05, 3.63) is 68.3 Å². The molecule has 1 N–H and O–H groups in total. The van der Waals surface area contributed by atoms with Crippen LogP contribution in [-0.4, -0.2) is 13.6 Å². The van der Waals surface area contributed by atoms with Gasteiger partial charge in [-0.25, -0.2) is 0 Å². The molecule has 2 aromatic carbocycles. The summed E-state index contributed by atoms with van der Waals surface area (Å²) in [6.07, 6.45) is 6.91. The summed E-state index contributed by atoms with van der Waals surface area (Å²) in [7, 11) is 2.03. The van der Waals surface area contributed by atoms with Crippen LogP contribution in [0.1, 0.15) is 41.0 Å². The highest BCUT2D eigenvalue weighted by Crippen LogP contribution is 2.37. The van der Waals surface area contributed by atoms with E-state index in [9.17, 15) is 0 Å². The molecule has 0 fully saturated rings. The Morgan fingerprint density at radius 2 is 1.76 bits per heavy atom. The van der Waals surface area contributed by atoms with Crippen molar-refractivity contribution in [3.8, 4) is 0 Å². The predicted octanol–water partition coefficient (Wildman–Crippen LogP) is 4.91. The lowest BCUT2D eigenvalue weighted by atomic mass is 9.84. The van der Waals surface area contributed by atoms with E-state index >= 15 is 0 Å². The van der Waals surface area contributed by atoms with Crippen LogP contribution in [0.4, 0.5) is 0 Å². The Balaban J connectivity index is 2.07. The first-order valence-electron chi connectivity index (χ1n) is 7.50. The summed E-state index contributed by atoms with van der Waals surface area (Å²) in [6, 6.07) is 15.6. The molecule has 1 atom stereocenters. The fourth-order valence-corrected chi connectivity index (χ4v) is 3.64. The van der Waals surface area contributed by atoms with Crippen molar-refractivity contribution in [2.75, 3.05) is 13.6 Å². The van der Waals surface area contributed by atoms with Crippen LogP contribution in [0.2, 0.25) is 0 Å². The summed E-state index contributed by atoms with van der Waals surface area (Å²) < 4.78 is 1.32. The predicted molar refractivity (Wildman–Crippen MR) is 99.5 cm³/mol. The topological polar surface area (TPSA) is 12.0 Å². The van der Waals surface area contributed by atoms with E-state index in [0.29, 0.717) is 5.92 Å². The minimum absolute atomic E-state index is 0.495. The number of nitrogens with one attached hydrogen (secondary N) is 1. The third kappa shape index (κ3) is 3.22. The molecule has 108 valence electrons. The molecule has 1 unspecified atom stereocenters. The van der Waals surface area contributed by atoms with E-state index in [1.165, 1.54) is 38.7 Å². The molecule has 21 heavy (non-hydrogen) atoms. The minimum Gasteiger partial charge on any atom is -0.320 e. The molecule has 2 aromatic rings. The molecule has 0 radical (unpaired) electrons. The zero-order valence-corrected chi connectivity index (χ0v) is 14.4. The second-order valence-electron chi connectivity index (χ2n) is 5.53. The fraction of sp³-hybridized carbons (Fsp3) is 0.263. The van der Waals surface area contributed by atoms with Crippen molar-refractivity contribution in [2.24, 2.45) is 0 Å². The molecule has 0 amide bonds. The lowest BCUT2D eigenvalue weighted by molar-refractivity contribution is 0.628. The van der Waals surface area contributed by atoms with Crippen LogP contribution in [0.15, 0.2) is 42.5 Å². The Morgan fingerprint density at radius 1 is 1.00 bits per heavy atom. The third-order valence-electron chi connectivity index (χ3n) is 4.16. The van der Waals surface area contributed by atoms with Crippen LogP contribution >= 0.6 is 22.6 Å². The van der Waals surface area contributed by atoms with Gasteiger partial charge in [-0.15, -0.1) is 0 Å². The summed E-state index contributed by atoms with van der Waals surface area (Å²) in [5.74, 6) is 0.495. The molecule has 0 heterocycles. The zero-order valence-electron chi connectivity index (χ0n) is 12.3. The van der Waals surface area contributed by atoms with Gasteiger partial charge in [-0.05, 0) is 83.4 Å². The van der Waals surface area contributed by atoms with Gasteiger partial charge in [0.2, 0.25) is 0 Å². The van der Waals surface area contributed by atoms with Crippen molar-refractivity contribution in [1.82, 2.24) is 5.32 Å².